The zero-order valence-electron chi connectivity index (χ0n) is 7.92. The average Bonchev–Trinajstić information content (AvgIpc) is 2.17. The molecule has 1 aromatic rings. The van der Waals surface area contributed by atoms with Gasteiger partial charge in [0.15, 0.2) is 0 Å². The minimum atomic E-state index is 0.538. The van der Waals surface area contributed by atoms with Crippen LogP contribution >= 0.6 is 11.6 Å². The van der Waals surface area contributed by atoms with Crippen LogP contribution in [0.5, 0.6) is 5.75 Å². The summed E-state index contributed by atoms with van der Waals surface area (Å²) in [7, 11) is 0. The molecule has 0 aliphatic rings. The Morgan fingerprint density at radius 3 is 2.46 bits per heavy atom. The number of hydrogen-bond acceptors (Lipinski definition) is 1. The van der Waals surface area contributed by atoms with E-state index in [0.717, 1.165) is 12.2 Å². The summed E-state index contributed by atoms with van der Waals surface area (Å²) in [5, 5.41) is 0. The van der Waals surface area contributed by atoms with Crippen molar-refractivity contribution in [3.63, 3.8) is 0 Å². The normalized spacial score (nSPS) is 10.0. The minimum Gasteiger partial charge on any atom is -0.492 e. The summed E-state index contributed by atoms with van der Waals surface area (Å²) >= 11 is 5.51. The lowest BCUT2D eigenvalue weighted by Crippen LogP contribution is -1.97. The molecule has 0 spiro atoms. The molecular formula is C11H15ClO. The molecule has 72 valence electrons. The van der Waals surface area contributed by atoms with Crippen LogP contribution < -0.4 is 4.74 Å². The second kappa shape index (κ2) is 5.87. The molecule has 0 aliphatic carbocycles. The second-order valence-corrected chi connectivity index (χ2v) is 3.31. The first kappa shape index (κ1) is 10.4. The molecular weight excluding hydrogens is 184 g/mol. The number of aryl methyl sites for hydroxylation is 1. The van der Waals surface area contributed by atoms with E-state index in [9.17, 15) is 0 Å². The Balaban J connectivity index is 2.48. The van der Waals surface area contributed by atoms with Gasteiger partial charge < -0.3 is 4.74 Å². The molecule has 0 N–H and O–H groups in total. The molecule has 0 heterocycles. The van der Waals surface area contributed by atoms with Gasteiger partial charge in [-0.15, -0.1) is 11.6 Å². The van der Waals surface area contributed by atoms with E-state index in [4.69, 9.17) is 16.3 Å². The summed E-state index contributed by atoms with van der Waals surface area (Å²) in [4.78, 5) is 0. The van der Waals surface area contributed by atoms with Crippen molar-refractivity contribution in [3.05, 3.63) is 29.8 Å². The van der Waals surface area contributed by atoms with E-state index in [1.54, 1.807) is 0 Å². The quantitative estimate of drug-likeness (QED) is 0.660. The molecule has 13 heavy (non-hydrogen) atoms. The molecule has 2 heteroatoms. The third-order valence-electron chi connectivity index (χ3n) is 1.81. The summed E-state index contributed by atoms with van der Waals surface area (Å²) in [5.74, 6) is 1.44. The van der Waals surface area contributed by atoms with Crippen molar-refractivity contribution in [1.29, 1.82) is 0 Å². The standard InChI is InChI=1S/C11H15ClO/c1-2-3-10-4-6-11(7-5-10)13-9-8-12/h4-7H,2-3,8-9H2,1H3. The maximum Gasteiger partial charge on any atom is 0.119 e. The zero-order valence-corrected chi connectivity index (χ0v) is 8.68. The summed E-state index contributed by atoms with van der Waals surface area (Å²) in [6.45, 7) is 2.76. The third kappa shape index (κ3) is 3.69. The lowest BCUT2D eigenvalue weighted by molar-refractivity contribution is 0.342. The predicted octanol–water partition coefficient (Wildman–Crippen LogP) is 3.26. The number of hydrogen-bond donors (Lipinski definition) is 0. The van der Waals surface area contributed by atoms with Crippen LogP contribution in [0.25, 0.3) is 0 Å². The van der Waals surface area contributed by atoms with Crippen LogP contribution in [0.4, 0.5) is 0 Å². The first-order valence-corrected chi connectivity index (χ1v) is 5.18. The van der Waals surface area contributed by atoms with Gasteiger partial charge in [-0.3, -0.25) is 0 Å². The zero-order chi connectivity index (χ0) is 9.52. The van der Waals surface area contributed by atoms with E-state index in [1.807, 2.05) is 12.1 Å². The van der Waals surface area contributed by atoms with Gasteiger partial charge in [-0.2, -0.15) is 0 Å². The van der Waals surface area contributed by atoms with Crippen molar-refractivity contribution in [1.82, 2.24) is 0 Å². The van der Waals surface area contributed by atoms with Crippen LogP contribution in [-0.4, -0.2) is 12.5 Å². The number of benzene rings is 1. The molecule has 1 nitrogen and oxygen atoms in total. The SMILES string of the molecule is CCCc1ccc(OCCCl)cc1. The molecule has 1 rings (SSSR count). The fraction of sp³-hybridized carbons (Fsp3) is 0.455. The Hall–Kier alpha value is -0.690. The molecule has 0 bridgehead atoms. The maximum absolute atomic E-state index is 5.51. The highest BCUT2D eigenvalue weighted by molar-refractivity contribution is 6.17. The second-order valence-electron chi connectivity index (χ2n) is 2.93. The molecule has 0 saturated carbocycles. The monoisotopic (exact) mass is 198 g/mol. The predicted molar refractivity (Wildman–Crippen MR) is 56.7 cm³/mol. The van der Waals surface area contributed by atoms with E-state index in [2.05, 4.69) is 19.1 Å². The van der Waals surface area contributed by atoms with E-state index in [1.165, 1.54) is 12.0 Å². The van der Waals surface area contributed by atoms with Crippen LogP contribution in [-0.2, 0) is 6.42 Å². The lowest BCUT2D eigenvalue weighted by Gasteiger charge is -2.04. The maximum atomic E-state index is 5.51. The Bertz CT molecular complexity index is 230. The smallest absolute Gasteiger partial charge is 0.119 e. The van der Waals surface area contributed by atoms with Gasteiger partial charge in [0.25, 0.3) is 0 Å². The van der Waals surface area contributed by atoms with Crippen LogP contribution in [0, 0.1) is 0 Å². The fourth-order valence-electron chi connectivity index (χ4n) is 1.20. The molecule has 0 radical (unpaired) electrons. The van der Waals surface area contributed by atoms with Crippen LogP contribution in [0.1, 0.15) is 18.9 Å². The largest absolute Gasteiger partial charge is 0.492 e. The van der Waals surface area contributed by atoms with Gasteiger partial charge in [-0.1, -0.05) is 25.5 Å². The molecule has 0 aliphatic heterocycles. The van der Waals surface area contributed by atoms with Gasteiger partial charge in [0, 0.05) is 0 Å². The molecule has 0 fully saturated rings. The molecule has 0 amide bonds. The van der Waals surface area contributed by atoms with Crippen LogP contribution in [0.15, 0.2) is 24.3 Å². The first-order valence-electron chi connectivity index (χ1n) is 4.64. The lowest BCUT2D eigenvalue weighted by atomic mass is 10.1. The first-order chi connectivity index (χ1) is 6.36. The molecule has 0 atom stereocenters. The van der Waals surface area contributed by atoms with Gasteiger partial charge >= 0.3 is 0 Å². The topological polar surface area (TPSA) is 9.23 Å². The van der Waals surface area contributed by atoms with Gasteiger partial charge in [-0.25, -0.2) is 0 Å². The number of alkyl halides is 1. The van der Waals surface area contributed by atoms with Gasteiger partial charge in [-0.05, 0) is 24.1 Å². The highest BCUT2D eigenvalue weighted by atomic mass is 35.5. The summed E-state index contributed by atoms with van der Waals surface area (Å²) in [6.07, 6.45) is 2.32. The molecule has 0 unspecified atom stereocenters. The molecule has 1 aromatic carbocycles. The van der Waals surface area contributed by atoms with Crippen LogP contribution in [0.3, 0.4) is 0 Å². The van der Waals surface area contributed by atoms with Crippen molar-refractivity contribution in [2.24, 2.45) is 0 Å². The van der Waals surface area contributed by atoms with Crippen molar-refractivity contribution < 1.29 is 4.74 Å². The van der Waals surface area contributed by atoms with Crippen molar-refractivity contribution in [2.75, 3.05) is 12.5 Å². The highest BCUT2D eigenvalue weighted by Gasteiger charge is 1.93. The van der Waals surface area contributed by atoms with Crippen LogP contribution in [0.2, 0.25) is 0 Å². The van der Waals surface area contributed by atoms with Gasteiger partial charge in [0.1, 0.15) is 12.4 Å². The van der Waals surface area contributed by atoms with Crippen molar-refractivity contribution >= 4 is 11.6 Å². The number of rotatable bonds is 5. The summed E-state index contributed by atoms with van der Waals surface area (Å²) < 4.78 is 5.36. The number of halogens is 1. The van der Waals surface area contributed by atoms with Crippen molar-refractivity contribution in [2.45, 2.75) is 19.8 Å². The van der Waals surface area contributed by atoms with E-state index >= 15 is 0 Å². The Labute approximate surface area is 84.7 Å². The van der Waals surface area contributed by atoms with E-state index in [-0.39, 0.29) is 0 Å². The van der Waals surface area contributed by atoms with E-state index < -0.39 is 0 Å². The van der Waals surface area contributed by atoms with Gasteiger partial charge in [0.05, 0.1) is 5.88 Å². The van der Waals surface area contributed by atoms with Crippen molar-refractivity contribution in [3.8, 4) is 5.75 Å². The summed E-state index contributed by atoms with van der Waals surface area (Å²) in [5.41, 5.74) is 1.36. The van der Waals surface area contributed by atoms with E-state index in [0.29, 0.717) is 12.5 Å². The Morgan fingerprint density at radius 2 is 1.92 bits per heavy atom. The molecule has 0 saturated heterocycles. The fourth-order valence-corrected chi connectivity index (χ4v) is 1.27. The van der Waals surface area contributed by atoms with Gasteiger partial charge in [0.2, 0.25) is 0 Å². The molecule has 0 aromatic heterocycles. The highest BCUT2D eigenvalue weighted by Crippen LogP contribution is 2.13. The average molecular weight is 199 g/mol. The Morgan fingerprint density at radius 1 is 1.23 bits per heavy atom. The summed E-state index contributed by atoms with van der Waals surface area (Å²) in [6, 6.07) is 8.20. The minimum absolute atomic E-state index is 0.538. The Kier molecular flexibility index (Phi) is 4.69. The number of ether oxygens (including phenoxy) is 1. The third-order valence-corrected chi connectivity index (χ3v) is 1.96.